The van der Waals surface area contributed by atoms with Gasteiger partial charge < -0.3 is 0 Å². The molecule has 0 N–H and O–H groups in total. The van der Waals surface area contributed by atoms with Gasteiger partial charge >= 0.3 is 4.09 Å². The van der Waals surface area contributed by atoms with Crippen molar-refractivity contribution in [3.63, 3.8) is 0 Å². The van der Waals surface area contributed by atoms with Crippen molar-refractivity contribution in [1.29, 1.82) is 0 Å². The van der Waals surface area contributed by atoms with E-state index in [2.05, 4.69) is 40.9 Å². The average molecular weight is 245 g/mol. The van der Waals surface area contributed by atoms with Crippen molar-refractivity contribution in [2.24, 2.45) is 0 Å². The minimum absolute atomic E-state index is 0.513. The van der Waals surface area contributed by atoms with Crippen LogP contribution in [0.2, 0.25) is 0 Å². The molecule has 1 aliphatic rings. The second kappa shape index (κ2) is 3.07. The van der Waals surface area contributed by atoms with E-state index in [1.165, 1.54) is 15.4 Å². The van der Waals surface area contributed by atoms with Crippen LogP contribution >= 0.6 is 39.0 Å². The summed E-state index contributed by atoms with van der Waals surface area (Å²) in [5.74, 6) is 0. The fraction of sp³-hybridized carbons (Fsp3) is 0.143. The molecule has 0 nitrogen and oxygen atoms in total. The van der Waals surface area contributed by atoms with Crippen molar-refractivity contribution >= 4 is 43.1 Å². The van der Waals surface area contributed by atoms with E-state index in [1.54, 1.807) is 0 Å². The van der Waals surface area contributed by atoms with Crippen LogP contribution in [0.4, 0.5) is 0 Å². The van der Waals surface area contributed by atoms with Gasteiger partial charge in [0.1, 0.15) is 0 Å². The van der Waals surface area contributed by atoms with Crippen LogP contribution in [0.15, 0.2) is 28.0 Å². The third-order valence-electron chi connectivity index (χ3n) is 1.54. The van der Waals surface area contributed by atoms with Gasteiger partial charge in [0.25, 0.3) is 0 Å². The molecule has 1 aromatic carbocycles. The fourth-order valence-corrected chi connectivity index (χ4v) is 4.50. The third-order valence-corrected chi connectivity index (χ3v) is 4.94. The monoisotopic (exact) mass is 244 g/mol. The van der Waals surface area contributed by atoms with Crippen LogP contribution in [0.5, 0.6) is 0 Å². The maximum atomic E-state index is 3.57. The van der Waals surface area contributed by atoms with Crippen LogP contribution < -0.4 is 0 Å². The molecule has 0 aromatic heterocycles. The molecular weight excluding hydrogens is 239 g/mol. The maximum Gasteiger partial charge on any atom is 0.360 e. The molecule has 0 bridgehead atoms. The Bertz CT molecular complexity index is 290. The number of aryl methyl sites for hydroxylation is 1. The quantitative estimate of drug-likeness (QED) is 0.640. The van der Waals surface area contributed by atoms with E-state index in [0.717, 1.165) is 0 Å². The number of fused-ring (bicyclic) bond motifs is 1. The Kier molecular flexibility index (Phi) is 2.26. The lowest BCUT2D eigenvalue weighted by Gasteiger charge is -1.96. The molecule has 0 saturated heterocycles. The predicted molar refractivity (Wildman–Crippen MR) is 57.6 cm³/mol. The predicted octanol–water partition coefficient (Wildman–Crippen LogP) is 3.57. The van der Waals surface area contributed by atoms with Crippen molar-refractivity contribution in [3.8, 4) is 0 Å². The Morgan fingerprint density at radius 1 is 1.27 bits per heavy atom. The van der Waals surface area contributed by atoms with E-state index in [-0.39, 0.29) is 0 Å². The summed E-state index contributed by atoms with van der Waals surface area (Å²) in [6, 6.07) is 6.61. The average Bonchev–Trinajstić information content (AvgIpc) is 2.27. The topological polar surface area (TPSA) is 0 Å². The summed E-state index contributed by atoms with van der Waals surface area (Å²) >= 11 is 7.33. The van der Waals surface area contributed by atoms with Gasteiger partial charge in [-0.2, -0.15) is 0 Å². The molecule has 0 unspecified atom stereocenters. The zero-order chi connectivity index (χ0) is 7.84. The second-order valence-electron chi connectivity index (χ2n) is 2.46. The first-order valence-electron chi connectivity index (χ1n) is 3.34. The van der Waals surface area contributed by atoms with Crippen molar-refractivity contribution in [2.45, 2.75) is 16.7 Å². The van der Waals surface area contributed by atoms with Gasteiger partial charge in [-0.15, -0.1) is 39.0 Å². The van der Waals surface area contributed by atoms with Crippen LogP contribution in [0.25, 0.3) is 0 Å². The molecule has 1 aromatic rings. The fourth-order valence-electron chi connectivity index (χ4n) is 1.03. The Morgan fingerprint density at radius 2 is 2.00 bits per heavy atom. The summed E-state index contributed by atoms with van der Waals surface area (Å²) in [5.41, 5.74) is 1.35. The van der Waals surface area contributed by atoms with Gasteiger partial charge in [-0.05, 0) is 24.6 Å². The molecule has 11 heavy (non-hydrogen) atoms. The molecule has 0 fully saturated rings. The molecule has 0 radical (unpaired) electrons. The van der Waals surface area contributed by atoms with Gasteiger partial charge in [-0.1, -0.05) is 6.07 Å². The zero-order valence-corrected chi connectivity index (χ0v) is 9.22. The number of rotatable bonds is 0. The van der Waals surface area contributed by atoms with Crippen LogP contribution in [0.1, 0.15) is 5.56 Å². The highest BCUT2D eigenvalue weighted by molar-refractivity contribution is 9.36. The van der Waals surface area contributed by atoms with E-state index in [1.807, 2.05) is 23.2 Å². The van der Waals surface area contributed by atoms with Crippen molar-refractivity contribution in [2.75, 3.05) is 0 Å². The first kappa shape index (κ1) is 8.08. The van der Waals surface area contributed by atoms with E-state index in [9.17, 15) is 0 Å². The number of hydrogen-bond donors (Lipinski definition) is 0. The minimum atomic E-state index is 0.513. The summed E-state index contributed by atoms with van der Waals surface area (Å²) in [5, 5.41) is 0. The highest BCUT2D eigenvalue weighted by Crippen LogP contribution is 2.47. The summed E-state index contributed by atoms with van der Waals surface area (Å²) in [6.45, 7) is 2.13. The molecular formula is C7H6BBrS2. The Hall–Kier alpha value is 0.465. The third kappa shape index (κ3) is 1.63. The summed E-state index contributed by atoms with van der Waals surface area (Å²) in [4.78, 5) is 2.82. The number of hydrogen-bond acceptors (Lipinski definition) is 2. The summed E-state index contributed by atoms with van der Waals surface area (Å²) < 4.78 is 0.513. The van der Waals surface area contributed by atoms with Gasteiger partial charge in [-0.25, -0.2) is 0 Å². The highest BCUT2D eigenvalue weighted by Gasteiger charge is 2.23. The first-order chi connectivity index (χ1) is 5.25. The first-order valence-corrected chi connectivity index (χ1v) is 6.01. The van der Waals surface area contributed by atoms with E-state index in [0.29, 0.717) is 4.09 Å². The summed E-state index contributed by atoms with van der Waals surface area (Å²) in [7, 11) is 0. The number of benzene rings is 1. The van der Waals surface area contributed by atoms with E-state index < -0.39 is 0 Å². The molecule has 1 aliphatic heterocycles. The van der Waals surface area contributed by atoms with Crippen molar-refractivity contribution < 1.29 is 0 Å². The largest absolute Gasteiger partial charge is 0.360 e. The van der Waals surface area contributed by atoms with Crippen molar-refractivity contribution in [3.05, 3.63) is 23.8 Å². The van der Waals surface area contributed by atoms with Crippen LogP contribution in [0.3, 0.4) is 0 Å². The lowest BCUT2D eigenvalue weighted by atomic mass is 10.2. The SMILES string of the molecule is Cc1ccc2c(c1)SB(Br)S2. The zero-order valence-electron chi connectivity index (χ0n) is 6.00. The van der Waals surface area contributed by atoms with Crippen LogP contribution in [0, 0.1) is 6.92 Å². The number of halogens is 1. The van der Waals surface area contributed by atoms with E-state index >= 15 is 0 Å². The highest BCUT2D eigenvalue weighted by atomic mass is 79.9. The normalized spacial score (nSPS) is 15.3. The molecule has 0 amide bonds. The Balaban J connectivity index is 2.43. The molecule has 0 saturated carbocycles. The summed E-state index contributed by atoms with van der Waals surface area (Å²) in [6.07, 6.45) is 0. The Morgan fingerprint density at radius 3 is 2.82 bits per heavy atom. The smallest absolute Gasteiger partial charge is 0.146 e. The minimum Gasteiger partial charge on any atom is -0.146 e. The van der Waals surface area contributed by atoms with E-state index in [4.69, 9.17) is 0 Å². The van der Waals surface area contributed by atoms with Gasteiger partial charge in [0.2, 0.25) is 0 Å². The molecule has 2 rings (SSSR count). The molecule has 0 aliphatic carbocycles. The standard InChI is InChI=1S/C7H6BBrS2/c1-5-2-3-6-7(4-5)11-8(9)10-6/h2-4H,1H3. The lowest BCUT2D eigenvalue weighted by molar-refractivity contribution is 1.23. The molecule has 0 atom stereocenters. The van der Waals surface area contributed by atoms with Crippen molar-refractivity contribution in [1.82, 2.24) is 0 Å². The van der Waals surface area contributed by atoms with Gasteiger partial charge in [0, 0.05) is 9.79 Å². The maximum absolute atomic E-state index is 3.57. The van der Waals surface area contributed by atoms with Gasteiger partial charge in [0.05, 0.1) is 0 Å². The molecule has 0 spiro atoms. The molecule has 56 valence electrons. The lowest BCUT2D eigenvalue weighted by Crippen LogP contribution is -1.77. The van der Waals surface area contributed by atoms with Gasteiger partial charge in [-0.3, -0.25) is 0 Å². The molecule has 4 heteroatoms. The van der Waals surface area contributed by atoms with Gasteiger partial charge in [0.15, 0.2) is 0 Å². The molecule has 1 heterocycles. The van der Waals surface area contributed by atoms with Crippen LogP contribution in [-0.2, 0) is 0 Å². The Labute approximate surface area is 83.4 Å². The second-order valence-corrected chi connectivity index (χ2v) is 7.18. The van der Waals surface area contributed by atoms with Crippen LogP contribution in [-0.4, -0.2) is 4.09 Å².